The van der Waals surface area contributed by atoms with E-state index >= 15 is 0 Å². The van der Waals surface area contributed by atoms with Crippen molar-refractivity contribution in [2.75, 3.05) is 6.54 Å². The van der Waals surface area contributed by atoms with Crippen LogP contribution in [-0.4, -0.2) is 18.0 Å². The summed E-state index contributed by atoms with van der Waals surface area (Å²) in [6.07, 6.45) is 3.11. The fraction of sp³-hybridized carbons (Fsp3) is 0.357. The van der Waals surface area contributed by atoms with Crippen molar-refractivity contribution in [2.24, 2.45) is 5.73 Å². The Hall–Kier alpha value is -1.81. The molecule has 0 aliphatic heterocycles. The molecule has 1 aromatic carbocycles. The monoisotopic (exact) mass is 244 g/mol. The Balaban J connectivity index is 1.71. The lowest BCUT2D eigenvalue weighted by Gasteiger charge is -2.37. The number of nitrogens with one attached hydrogen (secondary N) is 1. The molecule has 0 saturated heterocycles. The van der Waals surface area contributed by atoms with Crippen LogP contribution >= 0.6 is 0 Å². The SMILES string of the molecule is NC1(CNC(=O)c2cc3ccccc3o2)CCC1. The molecule has 3 N–H and O–H groups in total. The van der Waals surface area contributed by atoms with Gasteiger partial charge in [0.05, 0.1) is 0 Å². The predicted molar refractivity (Wildman–Crippen MR) is 69.3 cm³/mol. The molecule has 94 valence electrons. The van der Waals surface area contributed by atoms with Crippen LogP contribution in [0.25, 0.3) is 11.0 Å². The molecule has 1 amide bonds. The van der Waals surface area contributed by atoms with E-state index in [0.717, 1.165) is 30.2 Å². The quantitative estimate of drug-likeness (QED) is 0.868. The van der Waals surface area contributed by atoms with Crippen LogP contribution < -0.4 is 11.1 Å². The first-order chi connectivity index (χ1) is 8.66. The molecule has 3 rings (SSSR count). The average molecular weight is 244 g/mol. The van der Waals surface area contributed by atoms with Gasteiger partial charge in [0.25, 0.3) is 5.91 Å². The van der Waals surface area contributed by atoms with E-state index in [2.05, 4.69) is 5.32 Å². The van der Waals surface area contributed by atoms with Crippen molar-refractivity contribution in [1.82, 2.24) is 5.32 Å². The summed E-state index contributed by atoms with van der Waals surface area (Å²) in [6.45, 7) is 0.517. The zero-order valence-electron chi connectivity index (χ0n) is 10.1. The lowest BCUT2D eigenvalue weighted by atomic mass is 9.78. The van der Waals surface area contributed by atoms with Gasteiger partial charge < -0.3 is 15.5 Å². The second-order valence-electron chi connectivity index (χ2n) is 5.05. The molecule has 4 heteroatoms. The smallest absolute Gasteiger partial charge is 0.287 e. The van der Waals surface area contributed by atoms with Gasteiger partial charge in [-0.25, -0.2) is 0 Å². The zero-order valence-corrected chi connectivity index (χ0v) is 10.1. The van der Waals surface area contributed by atoms with Crippen LogP contribution in [0.2, 0.25) is 0 Å². The van der Waals surface area contributed by atoms with E-state index in [1.165, 1.54) is 0 Å². The van der Waals surface area contributed by atoms with Gasteiger partial charge in [0.15, 0.2) is 5.76 Å². The molecule has 18 heavy (non-hydrogen) atoms. The molecule has 0 bridgehead atoms. The number of para-hydroxylation sites is 1. The van der Waals surface area contributed by atoms with Gasteiger partial charge in [-0.3, -0.25) is 4.79 Å². The molecule has 1 aliphatic carbocycles. The highest BCUT2D eigenvalue weighted by Crippen LogP contribution is 2.28. The van der Waals surface area contributed by atoms with E-state index in [1.54, 1.807) is 6.07 Å². The molecule has 1 aliphatic rings. The largest absolute Gasteiger partial charge is 0.451 e. The maximum Gasteiger partial charge on any atom is 0.287 e. The Kier molecular flexibility index (Phi) is 2.59. The second-order valence-corrected chi connectivity index (χ2v) is 5.05. The molecule has 1 aromatic heterocycles. The lowest BCUT2D eigenvalue weighted by Crippen LogP contribution is -2.54. The highest BCUT2D eigenvalue weighted by molar-refractivity contribution is 5.96. The van der Waals surface area contributed by atoms with Gasteiger partial charge in [0, 0.05) is 17.5 Å². The van der Waals surface area contributed by atoms with Crippen molar-refractivity contribution in [1.29, 1.82) is 0 Å². The van der Waals surface area contributed by atoms with Crippen LogP contribution in [0.15, 0.2) is 34.7 Å². The van der Waals surface area contributed by atoms with Crippen molar-refractivity contribution < 1.29 is 9.21 Å². The van der Waals surface area contributed by atoms with Gasteiger partial charge in [0.1, 0.15) is 5.58 Å². The fourth-order valence-electron chi connectivity index (χ4n) is 2.24. The summed E-state index contributed by atoms with van der Waals surface area (Å²) in [5, 5.41) is 3.78. The van der Waals surface area contributed by atoms with Gasteiger partial charge in [-0.05, 0) is 31.4 Å². The van der Waals surface area contributed by atoms with Gasteiger partial charge in [-0.15, -0.1) is 0 Å². The van der Waals surface area contributed by atoms with Gasteiger partial charge in [0.2, 0.25) is 0 Å². The minimum Gasteiger partial charge on any atom is -0.451 e. The molecular formula is C14H16N2O2. The Morgan fingerprint density at radius 3 is 2.83 bits per heavy atom. The first-order valence-electron chi connectivity index (χ1n) is 6.22. The minimum atomic E-state index is -0.207. The van der Waals surface area contributed by atoms with Crippen molar-refractivity contribution in [2.45, 2.75) is 24.8 Å². The first-order valence-corrected chi connectivity index (χ1v) is 6.22. The number of benzene rings is 1. The lowest BCUT2D eigenvalue weighted by molar-refractivity contribution is 0.0904. The minimum absolute atomic E-state index is 0.192. The number of carbonyl (C=O) groups excluding carboxylic acids is 1. The van der Waals surface area contributed by atoms with Crippen LogP contribution in [0.1, 0.15) is 29.8 Å². The molecule has 1 fully saturated rings. The van der Waals surface area contributed by atoms with Crippen molar-refractivity contribution in [3.63, 3.8) is 0 Å². The average Bonchev–Trinajstić information content (AvgIpc) is 2.77. The first kappa shape index (κ1) is 11.3. The summed E-state index contributed by atoms with van der Waals surface area (Å²) in [5.74, 6) is 0.155. The summed E-state index contributed by atoms with van der Waals surface area (Å²) in [4.78, 5) is 11.9. The molecule has 0 spiro atoms. The number of rotatable bonds is 3. The third-order valence-corrected chi connectivity index (χ3v) is 3.60. The van der Waals surface area contributed by atoms with E-state index in [1.807, 2.05) is 24.3 Å². The third kappa shape index (κ3) is 1.99. The molecular weight excluding hydrogens is 228 g/mol. The fourth-order valence-corrected chi connectivity index (χ4v) is 2.24. The Bertz CT molecular complexity index is 551. The van der Waals surface area contributed by atoms with Crippen LogP contribution in [-0.2, 0) is 0 Å². The van der Waals surface area contributed by atoms with Crippen molar-refractivity contribution in [3.8, 4) is 0 Å². The number of furan rings is 1. The van der Waals surface area contributed by atoms with Crippen molar-refractivity contribution in [3.05, 3.63) is 36.1 Å². The highest BCUT2D eigenvalue weighted by Gasteiger charge is 2.32. The molecule has 1 heterocycles. The number of nitrogens with two attached hydrogens (primary N) is 1. The van der Waals surface area contributed by atoms with Crippen LogP contribution in [0.3, 0.4) is 0 Å². The highest BCUT2D eigenvalue weighted by atomic mass is 16.3. The van der Waals surface area contributed by atoms with E-state index in [-0.39, 0.29) is 11.4 Å². The number of fused-ring (bicyclic) bond motifs is 1. The maximum absolute atomic E-state index is 11.9. The number of hydrogen-bond acceptors (Lipinski definition) is 3. The van der Waals surface area contributed by atoms with Crippen molar-refractivity contribution >= 4 is 16.9 Å². The number of amides is 1. The van der Waals surface area contributed by atoms with Crippen LogP contribution in [0.5, 0.6) is 0 Å². The van der Waals surface area contributed by atoms with Crippen LogP contribution in [0, 0.1) is 0 Å². The summed E-state index contributed by atoms with van der Waals surface area (Å²) in [7, 11) is 0. The summed E-state index contributed by atoms with van der Waals surface area (Å²) in [6, 6.07) is 9.34. The third-order valence-electron chi connectivity index (χ3n) is 3.60. The van der Waals surface area contributed by atoms with E-state index in [0.29, 0.717) is 12.3 Å². The number of hydrogen-bond donors (Lipinski definition) is 2. The second kappa shape index (κ2) is 4.14. The van der Waals surface area contributed by atoms with E-state index < -0.39 is 0 Å². The van der Waals surface area contributed by atoms with E-state index in [9.17, 15) is 4.79 Å². The summed E-state index contributed by atoms with van der Waals surface area (Å²) < 4.78 is 5.49. The molecule has 0 radical (unpaired) electrons. The van der Waals surface area contributed by atoms with Crippen LogP contribution in [0.4, 0.5) is 0 Å². The van der Waals surface area contributed by atoms with E-state index in [4.69, 9.17) is 10.2 Å². The zero-order chi connectivity index (χ0) is 12.6. The molecule has 2 aromatic rings. The number of carbonyl (C=O) groups is 1. The topological polar surface area (TPSA) is 68.3 Å². The Morgan fingerprint density at radius 2 is 2.17 bits per heavy atom. The van der Waals surface area contributed by atoms with Gasteiger partial charge >= 0.3 is 0 Å². The maximum atomic E-state index is 11.9. The Morgan fingerprint density at radius 1 is 1.39 bits per heavy atom. The Labute approximate surface area is 105 Å². The summed E-state index contributed by atoms with van der Waals surface area (Å²) >= 11 is 0. The van der Waals surface area contributed by atoms with Gasteiger partial charge in [-0.2, -0.15) is 0 Å². The predicted octanol–water partition coefficient (Wildman–Crippen LogP) is 2.04. The molecule has 1 saturated carbocycles. The van der Waals surface area contributed by atoms with Gasteiger partial charge in [-0.1, -0.05) is 18.2 Å². The standard InChI is InChI=1S/C14H16N2O2/c15-14(6-3-7-14)9-16-13(17)12-8-10-4-1-2-5-11(10)18-12/h1-2,4-5,8H,3,6-7,9,15H2,(H,16,17). The molecule has 4 nitrogen and oxygen atoms in total. The summed E-state index contributed by atoms with van der Waals surface area (Å²) in [5.41, 5.74) is 6.58. The molecule has 0 unspecified atom stereocenters. The normalized spacial score (nSPS) is 17.4. The molecule has 0 atom stereocenters.